The predicted molar refractivity (Wildman–Crippen MR) is 130 cm³/mol. The van der Waals surface area contributed by atoms with Crippen LogP contribution in [0.3, 0.4) is 0 Å². The Morgan fingerprint density at radius 3 is 2.30 bits per heavy atom. The smallest absolute Gasteiger partial charge is 0.317 e. The Balaban J connectivity index is 1.30. The zero-order valence-corrected chi connectivity index (χ0v) is 19.5. The number of rotatable bonds is 7. The summed E-state index contributed by atoms with van der Waals surface area (Å²) in [4.78, 5) is 34.1. The summed E-state index contributed by atoms with van der Waals surface area (Å²) in [5.41, 5.74) is 2.29. The van der Waals surface area contributed by atoms with E-state index in [1.54, 1.807) is 12.4 Å². The molecule has 3 amide bonds. The van der Waals surface area contributed by atoms with Gasteiger partial charge in [-0.25, -0.2) is 4.79 Å². The van der Waals surface area contributed by atoms with Crippen molar-refractivity contribution < 1.29 is 9.59 Å². The van der Waals surface area contributed by atoms with E-state index in [9.17, 15) is 9.59 Å². The van der Waals surface area contributed by atoms with Gasteiger partial charge in [0.25, 0.3) is 0 Å². The normalized spacial score (nSPS) is 17.5. The van der Waals surface area contributed by atoms with Gasteiger partial charge in [-0.3, -0.25) is 9.78 Å². The number of piperidine rings is 1. The second kappa shape index (κ2) is 11.8. The molecule has 0 radical (unpaired) electrons. The molecule has 1 N–H and O–H groups in total. The monoisotopic (exact) mass is 448 g/mol. The highest BCUT2D eigenvalue weighted by Crippen LogP contribution is 2.26. The fourth-order valence-corrected chi connectivity index (χ4v) is 4.99. The summed E-state index contributed by atoms with van der Waals surface area (Å²) in [5.74, 6) is 0.556. The number of hydrogen-bond donors (Lipinski definition) is 1. The van der Waals surface area contributed by atoms with Gasteiger partial charge in [0.1, 0.15) is 0 Å². The van der Waals surface area contributed by atoms with E-state index in [2.05, 4.69) is 22.4 Å². The fourth-order valence-electron chi connectivity index (χ4n) is 4.99. The van der Waals surface area contributed by atoms with Crippen LogP contribution in [0.15, 0.2) is 54.9 Å². The highest BCUT2D eigenvalue weighted by molar-refractivity contribution is 5.79. The quantitative estimate of drug-likeness (QED) is 0.682. The van der Waals surface area contributed by atoms with Crippen LogP contribution in [0, 0.1) is 5.92 Å². The van der Waals surface area contributed by atoms with E-state index in [4.69, 9.17) is 0 Å². The Kier molecular flexibility index (Phi) is 8.34. The van der Waals surface area contributed by atoms with Crippen LogP contribution in [0.4, 0.5) is 4.79 Å². The van der Waals surface area contributed by atoms with E-state index in [1.165, 1.54) is 24.8 Å². The Hall–Kier alpha value is -2.89. The van der Waals surface area contributed by atoms with Gasteiger partial charge in [0.15, 0.2) is 0 Å². The molecule has 6 heteroatoms. The molecule has 2 fully saturated rings. The second-order valence-corrected chi connectivity index (χ2v) is 9.40. The Morgan fingerprint density at radius 1 is 0.909 bits per heavy atom. The molecule has 2 aliphatic rings. The third-order valence-corrected chi connectivity index (χ3v) is 7.01. The van der Waals surface area contributed by atoms with Crippen molar-refractivity contribution in [2.75, 3.05) is 19.6 Å². The van der Waals surface area contributed by atoms with Crippen LogP contribution < -0.4 is 5.32 Å². The van der Waals surface area contributed by atoms with Crippen molar-refractivity contribution in [2.24, 2.45) is 5.92 Å². The van der Waals surface area contributed by atoms with Crippen molar-refractivity contribution in [1.82, 2.24) is 20.1 Å². The third kappa shape index (κ3) is 6.80. The molecule has 176 valence electrons. The maximum atomic E-state index is 13.2. The molecule has 0 atom stereocenters. The highest BCUT2D eigenvalue weighted by Gasteiger charge is 2.30. The molecule has 0 unspecified atom stereocenters. The molecular weight excluding hydrogens is 412 g/mol. The first-order chi connectivity index (χ1) is 16.2. The maximum Gasteiger partial charge on any atom is 0.317 e. The summed E-state index contributed by atoms with van der Waals surface area (Å²) in [6, 6.07) is 14.3. The van der Waals surface area contributed by atoms with Gasteiger partial charge in [0, 0.05) is 50.5 Å². The largest absolute Gasteiger partial charge is 0.342 e. The van der Waals surface area contributed by atoms with Gasteiger partial charge in [-0.15, -0.1) is 0 Å². The minimum atomic E-state index is -0.0280. The van der Waals surface area contributed by atoms with Crippen LogP contribution in [0.5, 0.6) is 0 Å². The molecule has 33 heavy (non-hydrogen) atoms. The number of benzene rings is 1. The molecule has 1 aliphatic carbocycles. The van der Waals surface area contributed by atoms with Crippen LogP contribution in [0.25, 0.3) is 0 Å². The minimum Gasteiger partial charge on any atom is -0.342 e. The van der Waals surface area contributed by atoms with Crippen LogP contribution in [-0.2, 0) is 17.8 Å². The van der Waals surface area contributed by atoms with Crippen LogP contribution >= 0.6 is 0 Å². The molecule has 4 rings (SSSR count). The lowest BCUT2D eigenvalue weighted by atomic mass is 9.87. The lowest BCUT2D eigenvalue weighted by molar-refractivity contribution is -0.137. The van der Waals surface area contributed by atoms with Crippen molar-refractivity contribution in [3.05, 3.63) is 66.0 Å². The van der Waals surface area contributed by atoms with E-state index in [0.717, 1.165) is 50.8 Å². The maximum absolute atomic E-state index is 13.2. The molecule has 0 spiro atoms. The number of hydrogen-bond acceptors (Lipinski definition) is 3. The Morgan fingerprint density at radius 2 is 1.61 bits per heavy atom. The van der Waals surface area contributed by atoms with Gasteiger partial charge in [0.05, 0.1) is 0 Å². The number of likely N-dealkylation sites (tertiary alicyclic amines) is 1. The number of aromatic nitrogens is 1. The van der Waals surface area contributed by atoms with Crippen LogP contribution in [0.2, 0.25) is 0 Å². The van der Waals surface area contributed by atoms with Crippen LogP contribution in [-0.4, -0.2) is 52.4 Å². The number of amides is 3. The zero-order chi connectivity index (χ0) is 22.9. The predicted octanol–water partition coefficient (Wildman–Crippen LogP) is 4.41. The molecule has 1 saturated carbocycles. The molecule has 1 aliphatic heterocycles. The first-order valence-electron chi connectivity index (χ1n) is 12.5. The van der Waals surface area contributed by atoms with E-state index >= 15 is 0 Å². The number of carbonyl (C=O) groups is 2. The van der Waals surface area contributed by atoms with Crippen molar-refractivity contribution in [2.45, 2.75) is 64.0 Å². The summed E-state index contributed by atoms with van der Waals surface area (Å²) < 4.78 is 0. The van der Waals surface area contributed by atoms with E-state index in [-0.39, 0.29) is 18.0 Å². The summed E-state index contributed by atoms with van der Waals surface area (Å²) in [7, 11) is 0. The van der Waals surface area contributed by atoms with Gasteiger partial charge in [0.2, 0.25) is 5.91 Å². The molecule has 6 nitrogen and oxygen atoms in total. The zero-order valence-electron chi connectivity index (χ0n) is 19.5. The lowest BCUT2D eigenvalue weighted by Crippen LogP contribution is -2.51. The number of carbonyl (C=O) groups excluding carboxylic acids is 2. The first-order valence-corrected chi connectivity index (χ1v) is 12.5. The SMILES string of the molecule is O=C(NC1CCN(C(=O)C2CCCCC2)CC1)N(CCc1ccccc1)Cc1ccncc1. The van der Waals surface area contributed by atoms with Gasteiger partial charge in [-0.2, -0.15) is 0 Å². The molecule has 1 saturated heterocycles. The molecular formula is C27H36N4O2. The van der Waals surface area contributed by atoms with E-state index < -0.39 is 0 Å². The van der Waals surface area contributed by atoms with Gasteiger partial charge < -0.3 is 15.1 Å². The first kappa shape index (κ1) is 23.3. The molecule has 2 aromatic rings. The van der Waals surface area contributed by atoms with Crippen molar-refractivity contribution in [3.63, 3.8) is 0 Å². The summed E-state index contributed by atoms with van der Waals surface area (Å²) >= 11 is 0. The lowest BCUT2D eigenvalue weighted by Gasteiger charge is -2.36. The number of nitrogens with one attached hydrogen (secondary N) is 1. The van der Waals surface area contributed by atoms with E-state index in [1.807, 2.05) is 40.1 Å². The number of urea groups is 1. The molecule has 1 aromatic heterocycles. The van der Waals surface area contributed by atoms with Gasteiger partial charge >= 0.3 is 6.03 Å². The number of pyridine rings is 1. The minimum absolute atomic E-state index is 0.0280. The average molecular weight is 449 g/mol. The average Bonchev–Trinajstić information content (AvgIpc) is 2.88. The van der Waals surface area contributed by atoms with Crippen molar-refractivity contribution >= 4 is 11.9 Å². The van der Waals surface area contributed by atoms with Crippen molar-refractivity contribution in [3.8, 4) is 0 Å². The van der Waals surface area contributed by atoms with Crippen LogP contribution in [0.1, 0.15) is 56.1 Å². The van der Waals surface area contributed by atoms with E-state index in [0.29, 0.717) is 19.0 Å². The molecule has 0 bridgehead atoms. The topological polar surface area (TPSA) is 65.5 Å². The van der Waals surface area contributed by atoms with Crippen molar-refractivity contribution in [1.29, 1.82) is 0 Å². The fraction of sp³-hybridized carbons (Fsp3) is 0.519. The molecule has 1 aromatic carbocycles. The summed E-state index contributed by atoms with van der Waals surface area (Å²) in [5, 5.41) is 3.25. The second-order valence-electron chi connectivity index (χ2n) is 9.40. The van der Waals surface area contributed by atoms with Gasteiger partial charge in [-0.1, -0.05) is 49.6 Å². The molecule has 2 heterocycles. The Bertz CT molecular complexity index is 876. The van der Waals surface area contributed by atoms with Gasteiger partial charge in [-0.05, 0) is 55.4 Å². The highest BCUT2D eigenvalue weighted by atomic mass is 16.2. The third-order valence-electron chi connectivity index (χ3n) is 7.01. The summed E-state index contributed by atoms with van der Waals surface area (Å²) in [6.07, 6.45) is 11.7. The Labute approximate surface area is 197 Å². The standard InChI is InChI=1S/C27H36N4O2/c32-26(24-9-5-2-6-10-24)30-19-14-25(15-20-30)29-27(33)31(21-23-11-16-28-17-12-23)18-13-22-7-3-1-4-8-22/h1,3-4,7-8,11-12,16-17,24-25H,2,5-6,9-10,13-15,18-21H2,(H,29,33). The summed E-state index contributed by atoms with van der Waals surface area (Å²) in [6.45, 7) is 2.70. The number of nitrogens with zero attached hydrogens (tertiary/aromatic N) is 3.